The molecule has 0 spiro atoms. The fourth-order valence-corrected chi connectivity index (χ4v) is 3.36. The Labute approximate surface area is 221 Å². The molecule has 0 radical (unpaired) electrons. The van der Waals surface area contributed by atoms with Gasteiger partial charge in [0.25, 0.3) is 11.8 Å². The van der Waals surface area contributed by atoms with Crippen LogP contribution in [0.5, 0.6) is 11.5 Å². The highest BCUT2D eigenvalue weighted by atomic mass is 35.5. The molecular formula is C27H21ClF3N3O4. The maximum atomic E-state index is 12.9. The van der Waals surface area contributed by atoms with E-state index in [-0.39, 0.29) is 36.0 Å². The van der Waals surface area contributed by atoms with Gasteiger partial charge in [0.1, 0.15) is 11.6 Å². The summed E-state index contributed by atoms with van der Waals surface area (Å²) in [5, 5.41) is 14.8. The lowest BCUT2D eigenvalue weighted by molar-refractivity contribution is -0.137. The number of ether oxygens (including phenoxy) is 2. The molecule has 0 aliphatic heterocycles. The number of nitrogens with zero attached hydrogens (tertiary/aromatic N) is 1. The quantitative estimate of drug-likeness (QED) is 0.243. The molecule has 0 unspecified atom stereocenters. The molecule has 0 aromatic heterocycles. The number of carbonyl (C=O) groups is 2. The molecule has 0 saturated carbocycles. The number of hydrogen-bond donors (Lipinski definition) is 2. The van der Waals surface area contributed by atoms with Crippen molar-refractivity contribution in [1.82, 2.24) is 0 Å². The van der Waals surface area contributed by atoms with Gasteiger partial charge in [-0.15, -0.1) is 0 Å². The minimum Gasteiger partial charge on any atom is -0.490 e. The van der Waals surface area contributed by atoms with Gasteiger partial charge in [0, 0.05) is 5.69 Å². The average molecular weight is 544 g/mol. The second kappa shape index (κ2) is 12.7. The maximum Gasteiger partial charge on any atom is 0.416 e. The first-order chi connectivity index (χ1) is 18.1. The van der Waals surface area contributed by atoms with E-state index >= 15 is 0 Å². The molecule has 2 amide bonds. The summed E-state index contributed by atoms with van der Waals surface area (Å²) in [4.78, 5) is 24.8. The van der Waals surface area contributed by atoms with Crippen LogP contribution in [0.1, 0.15) is 18.1 Å². The third kappa shape index (κ3) is 7.75. The Morgan fingerprint density at radius 2 is 1.76 bits per heavy atom. The first-order valence-corrected chi connectivity index (χ1v) is 11.5. The lowest BCUT2D eigenvalue weighted by atomic mass is 10.1. The van der Waals surface area contributed by atoms with E-state index in [0.717, 1.165) is 18.2 Å². The van der Waals surface area contributed by atoms with E-state index in [0.29, 0.717) is 16.3 Å². The zero-order valence-electron chi connectivity index (χ0n) is 19.9. The van der Waals surface area contributed by atoms with Crippen LogP contribution in [0.4, 0.5) is 24.5 Å². The minimum atomic E-state index is -4.58. The molecule has 0 fully saturated rings. The molecule has 0 heterocycles. The van der Waals surface area contributed by atoms with E-state index in [1.54, 1.807) is 37.3 Å². The minimum absolute atomic E-state index is 0.111. The number of rotatable bonds is 9. The Hall–Kier alpha value is -4.49. The van der Waals surface area contributed by atoms with E-state index < -0.39 is 23.6 Å². The summed E-state index contributed by atoms with van der Waals surface area (Å²) >= 11 is 6.04. The summed E-state index contributed by atoms with van der Waals surface area (Å²) in [5.74, 6) is -0.850. The molecule has 0 aliphatic rings. The lowest BCUT2D eigenvalue weighted by Crippen LogP contribution is -2.20. The summed E-state index contributed by atoms with van der Waals surface area (Å²) in [7, 11) is 0. The van der Waals surface area contributed by atoms with Crippen molar-refractivity contribution in [1.29, 1.82) is 5.26 Å². The highest BCUT2D eigenvalue weighted by molar-refractivity contribution is 6.33. The Morgan fingerprint density at radius 3 is 2.45 bits per heavy atom. The predicted octanol–water partition coefficient (Wildman–Crippen LogP) is 6.32. The normalized spacial score (nSPS) is 11.3. The van der Waals surface area contributed by atoms with Gasteiger partial charge in [-0.1, -0.05) is 35.9 Å². The number of para-hydroxylation sites is 1. The molecule has 3 aromatic carbocycles. The smallest absolute Gasteiger partial charge is 0.416 e. The van der Waals surface area contributed by atoms with Gasteiger partial charge in [-0.3, -0.25) is 9.59 Å². The van der Waals surface area contributed by atoms with Gasteiger partial charge in [0.05, 0.1) is 22.9 Å². The number of halogens is 4. The van der Waals surface area contributed by atoms with Gasteiger partial charge in [0.15, 0.2) is 18.1 Å². The Balaban J connectivity index is 1.73. The van der Waals surface area contributed by atoms with Crippen molar-refractivity contribution in [2.75, 3.05) is 23.8 Å². The fourth-order valence-electron chi connectivity index (χ4n) is 3.18. The van der Waals surface area contributed by atoms with Crippen LogP contribution in [0.25, 0.3) is 6.08 Å². The molecular weight excluding hydrogens is 523 g/mol. The summed E-state index contributed by atoms with van der Waals surface area (Å²) in [6.45, 7) is 1.65. The van der Waals surface area contributed by atoms with Crippen molar-refractivity contribution < 1.29 is 32.2 Å². The zero-order chi connectivity index (χ0) is 27.7. The van der Waals surface area contributed by atoms with Crippen molar-refractivity contribution in [2.24, 2.45) is 0 Å². The second-order valence-corrected chi connectivity index (χ2v) is 8.07. The van der Waals surface area contributed by atoms with Crippen molar-refractivity contribution in [3.63, 3.8) is 0 Å². The average Bonchev–Trinajstić information content (AvgIpc) is 2.88. The molecule has 2 N–H and O–H groups in total. The third-order valence-corrected chi connectivity index (χ3v) is 5.23. The Kier molecular flexibility index (Phi) is 9.35. The van der Waals surface area contributed by atoms with Crippen LogP contribution in [0.3, 0.4) is 0 Å². The van der Waals surface area contributed by atoms with Crippen LogP contribution >= 0.6 is 11.6 Å². The van der Waals surface area contributed by atoms with E-state index in [1.165, 1.54) is 30.3 Å². The van der Waals surface area contributed by atoms with E-state index in [9.17, 15) is 28.0 Å². The molecule has 196 valence electrons. The van der Waals surface area contributed by atoms with Crippen LogP contribution in [-0.4, -0.2) is 25.0 Å². The number of alkyl halides is 3. The number of carbonyl (C=O) groups excluding carboxylic acids is 2. The molecule has 0 atom stereocenters. The van der Waals surface area contributed by atoms with Gasteiger partial charge >= 0.3 is 6.18 Å². The standard InChI is InChI=1S/C27H21ClF3N3O4/c1-2-37-24-13-17(10-11-23(24)38-16-25(35)34-22-9-4-3-8-21(22)28)12-18(15-32)26(36)33-20-7-5-6-19(14-20)27(29,30)31/h3-14H,2,16H2,1H3,(H,33,36)(H,34,35)/b18-12+. The highest BCUT2D eigenvalue weighted by Crippen LogP contribution is 2.31. The van der Waals surface area contributed by atoms with Gasteiger partial charge in [-0.25, -0.2) is 0 Å². The molecule has 38 heavy (non-hydrogen) atoms. The van der Waals surface area contributed by atoms with Crippen LogP contribution in [-0.2, 0) is 15.8 Å². The number of nitriles is 1. The number of amides is 2. The topological polar surface area (TPSA) is 100 Å². The molecule has 3 aromatic rings. The number of hydrogen-bond acceptors (Lipinski definition) is 5. The van der Waals surface area contributed by atoms with Gasteiger partial charge in [0.2, 0.25) is 0 Å². The highest BCUT2D eigenvalue weighted by Gasteiger charge is 2.30. The summed E-state index contributed by atoms with van der Waals surface area (Å²) < 4.78 is 50.0. The lowest BCUT2D eigenvalue weighted by Gasteiger charge is -2.13. The molecule has 3 rings (SSSR count). The third-order valence-electron chi connectivity index (χ3n) is 4.90. The second-order valence-electron chi connectivity index (χ2n) is 7.66. The van der Waals surface area contributed by atoms with Crippen LogP contribution < -0.4 is 20.1 Å². The Morgan fingerprint density at radius 1 is 1.00 bits per heavy atom. The number of nitrogens with one attached hydrogen (secondary N) is 2. The number of anilines is 2. The molecule has 0 bridgehead atoms. The molecule has 0 saturated heterocycles. The van der Waals surface area contributed by atoms with Gasteiger partial charge in [-0.05, 0) is 61.0 Å². The van der Waals surface area contributed by atoms with Crippen molar-refractivity contribution in [3.05, 3.63) is 88.5 Å². The Bertz CT molecular complexity index is 1400. The van der Waals surface area contributed by atoms with Crippen LogP contribution in [0.2, 0.25) is 5.02 Å². The molecule has 0 aliphatic carbocycles. The van der Waals surface area contributed by atoms with E-state index in [1.807, 2.05) is 0 Å². The predicted molar refractivity (Wildman–Crippen MR) is 137 cm³/mol. The van der Waals surface area contributed by atoms with Crippen LogP contribution in [0.15, 0.2) is 72.3 Å². The van der Waals surface area contributed by atoms with E-state index in [2.05, 4.69) is 10.6 Å². The van der Waals surface area contributed by atoms with Crippen molar-refractivity contribution in [2.45, 2.75) is 13.1 Å². The van der Waals surface area contributed by atoms with Crippen molar-refractivity contribution >= 4 is 40.9 Å². The fraction of sp³-hybridized carbons (Fsp3) is 0.148. The summed E-state index contributed by atoms with van der Waals surface area (Å²) in [5.41, 5.74) is -0.578. The maximum absolute atomic E-state index is 12.9. The molecule has 7 nitrogen and oxygen atoms in total. The largest absolute Gasteiger partial charge is 0.490 e. The summed E-state index contributed by atoms with van der Waals surface area (Å²) in [6.07, 6.45) is -3.33. The van der Waals surface area contributed by atoms with Crippen molar-refractivity contribution in [3.8, 4) is 17.6 Å². The SMILES string of the molecule is CCOc1cc(/C=C(\C#N)C(=O)Nc2cccc(C(F)(F)F)c2)ccc1OCC(=O)Nc1ccccc1Cl. The van der Waals surface area contributed by atoms with Gasteiger partial charge in [-0.2, -0.15) is 18.4 Å². The first-order valence-electron chi connectivity index (χ1n) is 11.1. The van der Waals surface area contributed by atoms with E-state index in [4.69, 9.17) is 21.1 Å². The van der Waals surface area contributed by atoms with Crippen LogP contribution in [0, 0.1) is 11.3 Å². The zero-order valence-corrected chi connectivity index (χ0v) is 20.7. The van der Waals surface area contributed by atoms with Gasteiger partial charge < -0.3 is 20.1 Å². The monoisotopic (exact) mass is 543 g/mol. The molecule has 11 heteroatoms. The summed E-state index contributed by atoms with van der Waals surface area (Å²) in [6, 6.07) is 17.1. The number of benzene rings is 3. The first kappa shape index (κ1) is 28.1.